The van der Waals surface area contributed by atoms with Gasteiger partial charge in [-0.2, -0.15) is 0 Å². The Morgan fingerprint density at radius 3 is 2.67 bits per heavy atom. The summed E-state index contributed by atoms with van der Waals surface area (Å²) in [5.74, 6) is -1.26. The molecule has 0 aromatic heterocycles. The summed E-state index contributed by atoms with van der Waals surface area (Å²) in [6.07, 6.45) is -0.117. The average molecular weight is 404 g/mol. The van der Waals surface area contributed by atoms with E-state index in [-0.39, 0.29) is 18.6 Å². The highest BCUT2D eigenvalue weighted by Crippen LogP contribution is 2.24. The molecule has 0 heterocycles. The summed E-state index contributed by atoms with van der Waals surface area (Å²) in [5, 5.41) is 8.75. The van der Waals surface area contributed by atoms with E-state index >= 15 is 0 Å². The lowest BCUT2D eigenvalue weighted by Crippen LogP contribution is -2.17. The third kappa shape index (κ3) is 5.40. The van der Waals surface area contributed by atoms with Gasteiger partial charge in [0.2, 0.25) is 10.0 Å². The van der Waals surface area contributed by atoms with Gasteiger partial charge in [0.25, 0.3) is 0 Å². The lowest BCUT2D eigenvalue weighted by molar-refractivity contribution is -0.137. The molecule has 0 amide bonds. The van der Waals surface area contributed by atoms with Crippen LogP contribution >= 0.6 is 34.2 Å². The molecule has 8 heteroatoms. The van der Waals surface area contributed by atoms with Crippen molar-refractivity contribution in [1.29, 1.82) is 0 Å². The lowest BCUT2D eigenvalue weighted by Gasteiger charge is -2.09. The Hall–Kier alpha value is -0.540. The zero-order chi connectivity index (χ0) is 13.8. The molecule has 100 valence electrons. The number of nitrogens with one attached hydrogen (secondary N) is 1. The molecule has 0 fully saturated rings. The van der Waals surface area contributed by atoms with Gasteiger partial charge in [0.15, 0.2) is 0 Å². The Labute approximate surface area is 124 Å². The van der Waals surface area contributed by atoms with Crippen LogP contribution in [-0.4, -0.2) is 25.2 Å². The zero-order valence-corrected chi connectivity index (χ0v) is 12.9. The summed E-state index contributed by atoms with van der Waals surface area (Å²) in [5.41, 5.74) is 0.299. The van der Waals surface area contributed by atoms with Crippen molar-refractivity contribution in [2.75, 3.05) is 10.5 Å². The standard InChI is InChI=1S/C10H11ClINO4S/c11-8-6-7(12)3-4-9(8)13-18(16,17)5-1-2-10(14)15/h3-4,6,13H,1-2,5H2,(H,14,15). The molecule has 0 saturated heterocycles. The molecule has 2 N–H and O–H groups in total. The van der Waals surface area contributed by atoms with Crippen LogP contribution in [0.25, 0.3) is 0 Å². The molecule has 0 bridgehead atoms. The molecule has 1 aromatic carbocycles. The van der Waals surface area contributed by atoms with Gasteiger partial charge < -0.3 is 5.11 Å². The molecule has 5 nitrogen and oxygen atoms in total. The average Bonchev–Trinajstić information content (AvgIpc) is 2.21. The fraction of sp³-hybridized carbons (Fsp3) is 0.300. The molecule has 18 heavy (non-hydrogen) atoms. The molecule has 0 aliphatic carbocycles. The zero-order valence-electron chi connectivity index (χ0n) is 9.19. The summed E-state index contributed by atoms with van der Waals surface area (Å²) in [6, 6.07) is 4.93. The molecule has 0 atom stereocenters. The van der Waals surface area contributed by atoms with E-state index in [9.17, 15) is 13.2 Å². The van der Waals surface area contributed by atoms with Gasteiger partial charge >= 0.3 is 5.97 Å². The maximum absolute atomic E-state index is 11.7. The first-order chi connectivity index (χ1) is 8.30. The fourth-order valence-electron chi connectivity index (χ4n) is 1.20. The minimum atomic E-state index is -3.57. The number of benzene rings is 1. The van der Waals surface area contributed by atoms with E-state index in [0.717, 1.165) is 3.57 Å². The van der Waals surface area contributed by atoms with Gasteiger partial charge in [-0.25, -0.2) is 8.42 Å². The molecular weight excluding hydrogens is 393 g/mol. The molecule has 1 aromatic rings. The van der Waals surface area contributed by atoms with Crippen molar-refractivity contribution in [3.05, 3.63) is 26.8 Å². The highest BCUT2D eigenvalue weighted by Gasteiger charge is 2.13. The number of anilines is 1. The van der Waals surface area contributed by atoms with Crippen molar-refractivity contribution < 1.29 is 18.3 Å². The van der Waals surface area contributed by atoms with Gasteiger partial charge in [-0.3, -0.25) is 9.52 Å². The number of carboxylic acid groups (broad SMARTS) is 1. The smallest absolute Gasteiger partial charge is 0.303 e. The molecule has 0 radical (unpaired) electrons. The minimum Gasteiger partial charge on any atom is -0.481 e. The van der Waals surface area contributed by atoms with Crippen molar-refractivity contribution in [2.45, 2.75) is 12.8 Å². The molecule has 1 rings (SSSR count). The van der Waals surface area contributed by atoms with Crippen molar-refractivity contribution in [1.82, 2.24) is 0 Å². The first-order valence-corrected chi connectivity index (χ1v) is 8.08. The highest BCUT2D eigenvalue weighted by atomic mass is 127. The van der Waals surface area contributed by atoms with E-state index in [1.54, 1.807) is 18.2 Å². The van der Waals surface area contributed by atoms with Crippen molar-refractivity contribution >= 4 is 55.9 Å². The number of halogens is 2. The molecular formula is C10H11ClINO4S. The second-order valence-electron chi connectivity index (χ2n) is 3.54. The summed E-state index contributed by atoms with van der Waals surface area (Å²) in [4.78, 5) is 10.3. The molecule has 0 spiro atoms. The number of hydrogen-bond acceptors (Lipinski definition) is 3. The van der Waals surface area contributed by atoms with E-state index in [1.165, 1.54) is 0 Å². The van der Waals surface area contributed by atoms with Crippen molar-refractivity contribution in [3.8, 4) is 0 Å². The maximum atomic E-state index is 11.7. The Morgan fingerprint density at radius 2 is 2.11 bits per heavy atom. The maximum Gasteiger partial charge on any atom is 0.303 e. The second kappa shape index (κ2) is 6.58. The van der Waals surface area contributed by atoms with Gasteiger partial charge in [-0.1, -0.05) is 11.6 Å². The third-order valence-corrected chi connectivity index (χ3v) is 4.34. The first-order valence-electron chi connectivity index (χ1n) is 4.97. The Bertz CT molecular complexity index is 547. The third-order valence-electron chi connectivity index (χ3n) is 2.00. The molecule has 0 unspecified atom stereocenters. The van der Waals surface area contributed by atoms with Crippen LogP contribution in [0.15, 0.2) is 18.2 Å². The van der Waals surface area contributed by atoms with Gasteiger partial charge in [-0.05, 0) is 47.2 Å². The summed E-state index contributed by atoms with van der Waals surface area (Å²) < 4.78 is 26.5. The largest absolute Gasteiger partial charge is 0.481 e. The molecule has 0 saturated carbocycles. The van der Waals surface area contributed by atoms with Gasteiger partial charge in [0.1, 0.15) is 0 Å². The van der Waals surface area contributed by atoms with Crippen LogP contribution < -0.4 is 4.72 Å². The van der Waals surface area contributed by atoms with Crippen molar-refractivity contribution in [3.63, 3.8) is 0 Å². The normalized spacial score (nSPS) is 11.2. The highest BCUT2D eigenvalue weighted by molar-refractivity contribution is 14.1. The minimum absolute atomic E-state index is 0.0622. The second-order valence-corrected chi connectivity index (χ2v) is 7.04. The Kier molecular flexibility index (Phi) is 5.67. The van der Waals surface area contributed by atoms with Crippen LogP contribution in [0.1, 0.15) is 12.8 Å². The molecule has 0 aliphatic heterocycles. The SMILES string of the molecule is O=C(O)CCCS(=O)(=O)Nc1ccc(I)cc1Cl. The predicted octanol–water partition coefficient (Wildman–Crippen LogP) is 2.55. The van der Waals surface area contributed by atoms with Crippen LogP contribution in [-0.2, 0) is 14.8 Å². The number of carbonyl (C=O) groups is 1. The van der Waals surface area contributed by atoms with E-state index in [0.29, 0.717) is 10.7 Å². The summed E-state index contributed by atoms with van der Waals surface area (Å²) >= 11 is 7.96. The Morgan fingerprint density at radius 1 is 1.44 bits per heavy atom. The van der Waals surface area contributed by atoms with Crippen LogP contribution in [0.3, 0.4) is 0 Å². The fourth-order valence-corrected chi connectivity index (χ4v) is 3.30. The number of aliphatic carboxylic acids is 1. The van der Waals surface area contributed by atoms with E-state index in [2.05, 4.69) is 27.3 Å². The van der Waals surface area contributed by atoms with Crippen LogP contribution in [0.4, 0.5) is 5.69 Å². The van der Waals surface area contributed by atoms with E-state index in [1.807, 2.05) is 0 Å². The van der Waals surface area contributed by atoms with Gasteiger partial charge in [0.05, 0.1) is 16.5 Å². The van der Waals surface area contributed by atoms with Crippen molar-refractivity contribution in [2.24, 2.45) is 0 Å². The number of hydrogen-bond donors (Lipinski definition) is 2. The van der Waals surface area contributed by atoms with Gasteiger partial charge in [0, 0.05) is 9.99 Å². The van der Waals surface area contributed by atoms with Gasteiger partial charge in [-0.15, -0.1) is 0 Å². The number of carboxylic acids is 1. The van der Waals surface area contributed by atoms with E-state index in [4.69, 9.17) is 16.7 Å². The number of sulfonamides is 1. The Balaban J connectivity index is 2.67. The lowest BCUT2D eigenvalue weighted by atomic mass is 10.3. The quantitative estimate of drug-likeness (QED) is 0.715. The summed E-state index contributed by atoms with van der Waals surface area (Å²) in [7, 11) is -3.57. The van der Waals surface area contributed by atoms with E-state index < -0.39 is 16.0 Å². The number of rotatable bonds is 6. The van der Waals surface area contributed by atoms with Crippen LogP contribution in [0.2, 0.25) is 5.02 Å². The summed E-state index contributed by atoms with van der Waals surface area (Å²) in [6.45, 7) is 0. The predicted molar refractivity (Wildman–Crippen MR) is 78.4 cm³/mol. The topological polar surface area (TPSA) is 83.5 Å². The molecule has 0 aliphatic rings. The monoisotopic (exact) mass is 403 g/mol. The first kappa shape index (κ1) is 15.5. The van der Waals surface area contributed by atoms with Crippen LogP contribution in [0.5, 0.6) is 0 Å². The van der Waals surface area contributed by atoms with Crippen LogP contribution in [0, 0.1) is 3.57 Å².